The van der Waals surface area contributed by atoms with Gasteiger partial charge in [0, 0.05) is 24.6 Å². The normalized spacial score (nSPS) is 17.2. The highest BCUT2D eigenvalue weighted by atomic mass is 32.2. The number of ether oxygens (including phenoxy) is 1. The van der Waals surface area contributed by atoms with Crippen molar-refractivity contribution in [2.24, 2.45) is 5.92 Å². The molecule has 0 aliphatic carbocycles. The van der Waals surface area contributed by atoms with Crippen LogP contribution in [0, 0.1) is 5.92 Å². The minimum absolute atomic E-state index is 0.0223. The molecule has 1 aliphatic rings. The van der Waals surface area contributed by atoms with Crippen molar-refractivity contribution >= 4 is 27.3 Å². The van der Waals surface area contributed by atoms with Crippen LogP contribution in [0.15, 0.2) is 46.0 Å². The number of amides is 1. The van der Waals surface area contributed by atoms with E-state index in [-0.39, 0.29) is 17.9 Å². The van der Waals surface area contributed by atoms with Gasteiger partial charge in [0.2, 0.25) is 5.91 Å². The van der Waals surface area contributed by atoms with Crippen molar-refractivity contribution in [1.29, 1.82) is 0 Å². The zero-order valence-electron chi connectivity index (χ0n) is 16.1. The number of rotatable bonds is 7. The Morgan fingerprint density at radius 2 is 1.96 bits per heavy atom. The molecule has 1 saturated heterocycles. The Balaban J connectivity index is 1.62. The second-order valence-electron chi connectivity index (χ2n) is 6.82. The molecule has 3 rings (SSSR count). The summed E-state index contributed by atoms with van der Waals surface area (Å²) in [5.41, 5.74) is 0.957. The Bertz CT molecular complexity index is 889. The predicted molar refractivity (Wildman–Crippen MR) is 110 cm³/mol. The molecule has 0 radical (unpaired) electrons. The third kappa shape index (κ3) is 4.39. The van der Waals surface area contributed by atoms with Gasteiger partial charge in [-0.05, 0) is 36.8 Å². The molecule has 1 amide bonds. The highest BCUT2D eigenvalue weighted by molar-refractivity contribution is 7.91. The summed E-state index contributed by atoms with van der Waals surface area (Å²) in [6.07, 6.45) is 1.80. The molecule has 0 bridgehead atoms. The number of sulfonamides is 1. The van der Waals surface area contributed by atoms with Gasteiger partial charge in [-0.2, -0.15) is 4.31 Å². The van der Waals surface area contributed by atoms with E-state index in [0.717, 1.165) is 17.7 Å². The molecule has 1 atom stereocenters. The Morgan fingerprint density at radius 1 is 1.25 bits per heavy atom. The van der Waals surface area contributed by atoms with Gasteiger partial charge in [0.15, 0.2) is 0 Å². The molecule has 1 aromatic carbocycles. The van der Waals surface area contributed by atoms with Crippen LogP contribution >= 0.6 is 11.3 Å². The van der Waals surface area contributed by atoms with E-state index in [1.165, 1.54) is 15.6 Å². The van der Waals surface area contributed by atoms with Crippen LogP contribution in [0.1, 0.15) is 37.8 Å². The van der Waals surface area contributed by atoms with Crippen LogP contribution in [0.4, 0.5) is 0 Å². The summed E-state index contributed by atoms with van der Waals surface area (Å²) in [6.45, 7) is 2.75. The second-order valence-corrected chi connectivity index (χ2v) is 9.93. The number of thiophene rings is 1. The summed E-state index contributed by atoms with van der Waals surface area (Å²) in [7, 11) is -1.82. The molecule has 0 spiro atoms. The summed E-state index contributed by atoms with van der Waals surface area (Å²) < 4.78 is 32.5. The van der Waals surface area contributed by atoms with Crippen molar-refractivity contribution in [3.8, 4) is 5.75 Å². The molecular formula is C20H26N2O4S2. The first-order valence-electron chi connectivity index (χ1n) is 9.44. The number of nitrogens with one attached hydrogen (secondary N) is 1. The highest BCUT2D eigenvalue weighted by Crippen LogP contribution is 2.29. The fraction of sp³-hybridized carbons (Fsp3) is 0.450. The van der Waals surface area contributed by atoms with Crippen LogP contribution in [0.2, 0.25) is 0 Å². The number of hydrogen-bond acceptors (Lipinski definition) is 5. The summed E-state index contributed by atoms with van der Waals surface area (Å²) in [4.78, 5) is 12.8. The highest BCUT2D eigenvalue weighted by Gasteiger charge is 2.33. The monoisotopic (exact) mass is 422 g/mol. The van der Waals surface area contributed by atoms with E-state index in [2.05, 4.69) is 5.32 Å². The van der Waals surface area contributed by atoms with E-state index in [1.807, 2.05) is 31.2 Å². The summed E-state index contributed by atoms with van der Waals surface area (Å²) in [5, 5.41) is 4.88. The first kappa shape index (κ1) is 20.8. The minimum Gasteiger partial charge on any atom is -0.496 e. The molecule has 8 heteroatoms. The molecule has 6 nitrogen and oxygen atoms in total. The van der Waals surface area contributed by atoms with Gasteiger partial charge in [0.25, 0.3) is 10.0 Å². The number of hydrogen-bond donors (Lipinski definition) is 1. The minimum atomic E-state index is -3.44. The number of carbonyl (C=O) groups is 1. The fourth-order valence-electron chi connectivity index (χ4n) is 3.54. The Kier molecular flexibility index (Phi) is 6.74. The van der Waals surface area contributed by atoms with Crippen molar-refractivity contribution in [2.45, 2.75) is 36.4 Å². The molecule has 2 heterocycles. The van der Waals surface area contributed by atoms with Crippen LogP contribution in [0.3, 0.4) is 0 Å². The Morgan fingerprint density at radius 3 is 2.57 bits per heavy atom. The van der Waals surface area contributed by atoms with E-state index < -0.39 is 10.0 Å². The van der Waals surface area contributed by atoms with Gasteiger partial charge in [-0.25, -0.2) is 8.42 Å². The van der Waals surface area contributed by atoms with Gasteiger partial charge >= 0.3 is 0 Å². The predicted octanol–water partition coefficient (Wildman–Crippen LogP) is 3.42. The largest absolute Gasteiger partial charge is 0.496 e. The lowest BCUT2D eigenvalue weighted by Crippen LogP contribution is -2.43. The number of para-hydroxylation sites is 1. The van der Waals surface area contributed by atoms with Crippen molar-refractivity contribution in [2.75, 3.05) is 20.2 Å². The number of carbonyl (C=O) groups excluding carboxylic acids is 1. The van der Waals surface area contributed by atoms with Gasteiger partial charge in [-0.15, -0.1) is 11.3 Å². The lowest BCUT2D eigenvalue weighted by atomic mass is 9.95. The fourth-order valence-corrected chi connectivity index (χ4v) is 6.15. The van der Waals surface area contributed by atoms with Gasteiger partial charge < -0.3 is 10.1 Å². The molecule has 152 valence electrons. The number of benzene rings is 1. The first-order chi connectivity index (χ1) is 13.5. The molecule has 2 aromatic rings. The second kappa shape index (κ2) is 9.07. The van der Waals surface area contributed by atoms with Crippen LogP contribution in [-0.4, -0.2) is 38.8 Å². The first-order valence-corrected chi connectivity index (χ1v) is 11.8. The van der Waals surface area contributed by atoms with Gasteiger partial charge in [-0.3, -0.25) is 4.79 Å². The lowest BCUT2D eigenvalue weighted by molar-refractivity contribution is -0.126. The average Bonchev–Trinajstić information content (AvgIpc) is 3.28. The molecule has 0 saturated carbocycles. The van der Waals surface area contributed by atoms with Crippen molar-refractivity contribution in [1.82, 2.24) is 9.62 Å². The topological polar surface area (TPSA) is 75.7 Å². The van der Waals surface area contributed by atoms with E-state index in [4.69, 9.17) is 4.74 Å². The van der Waals surface area contributed by atoms with Crippen molar-refractivity contribution < 1.29 is 17.9 Å². The van der Waals surface area contributed by atoms with E-state index in [1.54, 1.807) is 24.6 Å². The standard InChI is InChI=1S/C20H26N2O4S2/c1-3-17(16-7-4-5-8-18(16)26-2)21-20(23)15-10-12-22(13-11-15)28(24,25)19-9-6-14-27-19/h4-9,14-15,17H,3,10-13H2,1-2H3,(H,21,23). The maximum atomic E-state index is 12.8. The molecule has 28 heavy (non-hydrogen) atoms. The van der Waals surface area contributed by atoms with Gasteiger partial charge in [0.1, 0.15) is 9.96 Å². The molecule has 1 fully saturated rings. The lowest BCUT2D eigenvalue weighted by Gasteiger charge is -2.31. The smallest absolute Gasteiger partial charge is 0.252 e. The van der Waals surface area contributed by atoms with Crippen molar-refractivity contribution in [3.05, 3.63) is 47.3 Å². The molecular weight excluding hydrogens is 396 g/mol. The Labute approximate surface area is 170 Å². The average molecular weight is 423 g/mol. The van der Waals surface area contributed by atoms with Gasteiger partial charge in [-0.1, -0.05) is 31.2 Å². The zero-order chi connectivity index (χ0) is 20.1. The zero-order valence-corrected chi connectivity index (χ0v) is 17.8. The van der Waals surface area contributed by atoms with E-state index in [0.29, 0.717) is 30.1 Å². The van der Waals surface area contributed by atoms with E-state index in [9.17, 15) is 13.2 Å². The third-order valence-corrected chi connectivity index (χ3v) is 8.42. The maximum absolute atomic E-state index is 12.8. The number of methoxy groups -OCH3 is 1. The number of nitrogens with zero attached hydrogens (tertiary/aromatic N) is 1. The van der Waals surface area contributed by atoms with Crippen LogP contribution in [0.25, 0.3) is 0 Å². The maximum Gasteiger partial charge on any atom is 0.252 e. The third-order valence-electron chi connectivity index (χ3n) is 5.15. The quantitative estimate of drug-likeness (QED) is 0.742. The molecule has 1 aliphatic heterocycles. The number of piperidine rings is 1. The van der Waals surface area contributed by atoms with Crippen LogP contribution < -0.4 is 10.1 Å². The SMILES string of the molecule is CCC(NC(=O)C1CCN(S(=O)(=O)c2cccs2)CC1)c1ccccc1OC. The van der Waals surface area contributed by atoms with E-state index >= 15 is 0 Å². The van der Waals surface area contributed by atoms with Crippen LogP contribution in [-0.2, 0) is 14.8 Å². The molecule has 1 N–H and O–H groups in total. The van der Waals surface area contributed by atoms with Gasteiger partial charge in [0.05, 0.1) is 13.2 Å². The Hall–Kier alpha value is -1.90. The summed E-state index contributed by atoms with van der Waals surface area (Å²) in [6, 6.07) is 10.9. The molecule has 1 aromatic heterocycles. The summed E-state index contributed by atoms with van der Waals surface area (Å²) >= 11 is 1.22. The summed E-state index contributed by atoms with van der Waals surface area (Å²) in [5.74, 6) is 0.552. The van der Waals surface area contributed by atoms with Crippen molar-refractivity contribution in [3.63, 3.8) is 0 Å². The van der Waals surface area contributed by atoms with Crippen LogP contribution in [0.5, 0.6) is 5.75 Å². The molecule has 1 unspecified atom stereocenters.